The van der Waals surface area contributed by atoms with Crippen LogP contribution in [-0.2, 0) is 0 Å². The molecule has 0 bridgehead atoms. The number of rotatable bonds is 5. The van der Waals surface area contributed by atoms with Gasteiger partial charge in [0.15, 0.2) is 17.9 Å². The summed E-state index contributed by atoms with van der Waals surface area (Å²) in [5, 5.41) is 11.4. The second kappa shape index (κ2) is 7.46. The van der Waals surface area contributed by atoms with Crippen LogP contribution in [0.15, 0.2) is 67.1 Å². The molecule has 3 aromatic heterocycles. The van der Waals surface area contributed by atoms with Gasteiger partial charge in [0.2, 0.25) is 0 Å². The quantitative estimate of drug-likeness (QED) is 0.342. The van der Waals surface area contributed by atoms with Crippen LogP contribution in [0.1, 0.15) is 10.5 Å². The summed E-state index contributed by atoms with van der Waals surface area (Å²) in [5.41, 5.74) is 5.11. The Labute approximate surface area is 176 Å². The van der Waals surface area contributed by atoms with Gasteiger partial charge in [-0.25, -0.2) is 9.97 Å². The van der Waals surface area contributed by atoms with Gasteiger partial charge in [0.1, 0.15) is 5.02 Å². The van der Waals surface area contributed by atoms with E-state index in [9.17, 15) is 4.79 Å². The lowest BCUT2D eigenvalue weighted by Crippen LogP contribution is -1.98. The van der Waals surface area contributed by atoms with Crippen LogP contribution in [0.3, 0.4) is 0 Å². The highest BCUT2D eigenvalue weighted by Gasteiger charge is 2.10. The number of H-pyrrole nitrogens is 2. The van der Waals surface area contributed by atoms with Gasteiger partial charge in [-0.1, -0.05) is 35.9 Å². The van der Waals surface area contributed by atoms with Crippen molar-refractivity contribution in [2.24, 2.45) is 0 Å². The summed E-state index contributed by atoms with van der Waals surface area (Å²) in [4.78, 5) is 23.0. The van der Waals surface area contributed by atoms with Crippen LogP contribution in [0.4, 0.5) is 11.5 Å². The maximum Gasteiger partial charge on any atom is 0.166 e. The molecule has 7 nitrogen and oxygen atoms in total. The van der Waals surface area contributed by atoms with E-state index in [-0.39, 0.29) is 0 Å². The van der Waals surface area contributed by atoms with Crippen molar-refractivity contribution in [1.82, 2.24) is 25.1 Å². The Balaban J connectivity index is 1.44. The fourth-order valence-corrected chi connectivity index (χ4v) is 3.38. The highest BCUT2D eigenvalue weighted by Crippen LogP contribution is 2.28. The molecule has 5 rings (SSSR count). The molecule has 0 aliphatic rings. The van der Waals surface area contributed by atoms with Crippen LogP contribution in [0.5, 0.6) is 0 Å². The number of halogens is 1. The van der Waals surface area contributed by atoms with Gasteiger partial charge in [0.05, 0.1) is 18.1 Å². The van der Waals surface area contributed by atoms with Crippen molar-refractivity contribution in [3.8, 4) is 22.5 Å². The lowest BCUT2D eigenvalue weighted by Gasteiger charge is -2.10. The van der Waals surface area contributed by atoms with Crippen molar-refractivity contribution in [2.45, 2.75) is 0 Å². The number of carbonyl (C=O) groups excluding carboxylic acids is 1. The molecule has 0 radical (unpaired) electrons. The van der Waals surface area contributed by atoms with Crippen LogP contribution in [0, 0.1) is 0 Å². The van der Waals surface area contributed by atoms with E-state index in [4.69, 9.17) is 11.6 Å². The first-order valence-corrected chi connectivity index (χ1v) is 9.54. The monoisotopic (exact) mass is 414 g/mol. The number of aldehydes is 1. The van der Waals surface area contributed by atoms with E-state index in [1.165, 1.54) is 0 Å². The number of aromatic nitrogens is 5. The van der Waals surface area contributed by atoms with Gasteiger partial charge >= 0.3 is 0 Å². The molecule has 0 saturated heterocycles. The van der Waals surface area contributed by atoms with E-state index in [2.05, 4.69) is 30.5 Å². The molecule has 0 spiro atoms. The summed E-state index contributed by atoms with van der Waals surface area (Å²) in [6.45, 7) is 0. The molecule has 0 saturated carbocycles. The lowest BCUT2D eigenvalue weighted by atomic mass is 10.1. The SMILES string of the molecule is O=Cc1cc2ccc(-c3ncc(Cl)c(Nc4ccc(-c5cn[nH]c5)cc4)n3)cc2[nH]1. The van der Waals surface area contributed by atoms with Gasteiger partial charge in [-0.05, 0) is 29.8 Å². The topological polar surface area (TPSA) is 99.3 Å². The number of anilines is 2. The molecule has 0 fully saturated rings. The first kappa shape index (κ1) is 18.1. The van der Waals surface area contributed by atoms with Gasteiger partial charge in [-0.2, -0.15) is 5.10 Å². The molecule has 3 N–H and O–H groups in total. The molecule has 0 aliphatic carbocycles. The van der Waals surface area contributed by atoms with Crippen molar-refractivity contribution in [3.05, 3.63) is 77.8 Å². The number of aromatic amines is 2. The molecule has 0 amide bonds. The Bertz CT molecular complexity index is 1340. The number of fused-ring (bicyclic) bond motifs is 1. The molecular formula is C22H15ClN6O. The summed E-state index contributed by atoms with van der Waals surface area (Å²) in [6, 6.07) is 15.4. The summed E-state index contributed by atoms with van der Waals surface area (Å²) in [5.74, 6) is 1.04. The first-order chi connectivity index (χ1) is 14.7. The van der Waals surface area contributed by atoms with Gasteiger partial charge in [0, 0.05) is 33.9 Å². The van der Waals surface area contributed by atoms with Crippen molar-refractivity contribution in [2.75, 3.05) is 5.32 Å². The molecule has 3 heterocycles. The number of benzene rings is 2. The highest BCUT2D eigenvalue weighted by atomic mass is 35.5. The van der Waals surface area contributed by atoms with Gasteiger partial charge in [-0.15, -0.1) is 0 Å². The maximum absolute atomic E-state index is 11.0. The predicted octanol–water partition coefficient (Wildman–Crippen LogP) is 5.22. The number of carbonyl (C=O) groups is 1. The van der Waals surface area contributed by atoms with Crippen LogP contribution in [-0.4, -0.2) is 31.4 Å². The normalized spacial score (nSPS) is 11.0. The third kappa shape index (κ3) is 3.42. The van der Waals surface area contributed by atoms with Crippen LogP contribution in [0.2, 0.25) is 5.02 Å². The van der Waals surface area contributed by atoms with E-state index in [1.807, 2.05) is 48.7 Å². The molecule has 8 heteroatoms. The Hall–Kier alpha value is -3.97. The van der Waals surface area contributed by atoms with Crippen LogP contribution >= 0.6 is 11.6 Å². The van der Waals surface area contributed by atoms with E-state index < -0.39 is 0 Å². The van der Waals surface area contributed by atoms with Gasteiger partial charge < -0.3 is 10.3 Å². The zero-order valence-electron chi connectivity index (χ0n) is 15.6. The van der Waals surface area contributed by atoms with E-state index in [0.29, 0.717) is 22.4 Å². The minimum Gasteiger partial charge on any atom is -0.352 e. The molecule has 2 aromatic carbocycles. The van der Waals surface area contributed by atoms with Crippen molar-refractivity contribution in [3.63, 3.8) is 0 Å². The van der Waals surface area contributed by atoms with Gasteiger partial charge in [-0.3, -0.25) is 9.89 Å². The molecule has 5 aromatic rings. The van der Waals surface area contributed by atoms with Crippen LogP contribution in [0.25, 0.3) is 33.4 Å². The second-order valence-electron chi connectivity index (χ2n) is 6.72. The predicted molar refractivity (Wildman–Crippen MR) is 117 cm³/mol. The Morgan fingerprint density at radius 3 is 2.57 bits per heavy atom. The maximum atomic E-state index is 11.0. The van der Waals surface area contributed by atoms with Crippen molar-refractivity contribution in [1.29, 1.82) is 0 Å². The van der Waals surface area contributed by atoms with E-state index in [1.54, 1.807) is 18.5 Å². The van der Waals surface area contributed by atoms with Gasteiger partial charge in [0.25, 0.3) is 0 Å². The standard InChI is InChI=1S/C22H15ClN6O/c23-19-11-24-21(15-2-1-14-7-18(12-30)27-20(14)8-15)29-22(19)28-17-5-3-13(4-6-17)16-9-25-26-10-16/h1-12,27H,(H,25,26)(H,24,28,29). The third-order valence-corrected chi connectivity index (χ3v) is 5.03. The largest absolute Gasteiger partial charge is 0.352 e. The van der Waals surface area contributed by atoms with Crippen molar-refractivity contribution >= 4 is 40.3 Å². The molecular weight excluding hydrogens is 400 g/mol. The zero-order chi connectivity index (χ0) is 20.5. The highest BCUT2D eigenvalue weighted by molar-refractivity contribution is 6.32. The number of hydrogen-bond donors (Lipinski definition) is 3. The first-order valence-electron chi connectivity index (χ1n) is 9.17. The minimum absolute atomic E-state index is 0.418. The minimum atomic E-state index is 0.418. The van der Waals surface area contributed by atoms with Crippen LogP contribution < -0.4 is 5.32 Å². The summed E-state index contributed by atoms with van der Waals surface area (Å²) < 4.78 is 0. The van der Waals surface area contributed by atoms with E-state index in [0.717, 1.165) is 39.6 Å². The summed E-state index contributed by atoms with van der Waals surface area (Å²) >= 11 is 6.32. The average molecular weight is 415 g/mol. The lowest BCUT2D eigenvalue weighted by molar-refractivity contribution is 0.112. The molecule has 0 unspecified atom stereocenters. The summed E-state index contributed by atoms with van der Waals surface area (Å²) in [6.07, 6.45) is 5.98. The molecule has 0 aliphatic heterocycles. The fourth-order valence-electron chi connectivity index (χ4n) is 3.24. The smallest absolute Gasteiger partial charge is 0.166 e. The Morgan fingerprint density at radius 2 is 1.80 bits per heavy atom. The second-order valence-corrected chi connectivity index (χ2v) is 7.13. The third-order valence-electron chi connectivity index (χ3n) is 4.75. The number of nitrogens with one attached hydrogen (secondary N) is 3. The van der Waals surface area contributed by atoms with E-state index >= 15 is 0 Å². The molecule has 30 heavy (non-hydrogen) atoms. The summed E-state index contributed by atoms with van der Waals surface area (Å²) in [7, 11) is 0. The Kier molecular flexibility index (Phi) is 4.49. The molecule has 146 valence electrons. The average Bonchev–Trinajstić information content (AvgIpc) is 3.45. The zero-order valence-corrected chi connectivity index (χ0v) is 16.3. The van der Waals surface area contributed by atoms with Crippen molar-refractivity contribution < 1.29 is 4.79 Å². The fraction of sp³-hybridized carbons (Fsp3) is 0. The number of hydrogen-bond acceptors (Lipinski definition) is 5. The number of nitrogens with zero attached hydrogens (tertiary/aromatic N) is 3. The Morgan fingerprint density at radius 1 is 0.967 bits per heavy atom. The molecule has 0 atom stereocenters.